The van der Waals surface area contributed by atoms with Gasteiger partial charge >= 0.3 is 0 Å². The second kappa shape index (κ2) is 6.11. The SMILES string of the molecule is CC(=S)CCCNC=S. The van der Waals surface area contributed by atoms with E-state index in [4.69, 9.17) is 12.2 Å². The third-order valence-corrected chi connectivity index (χ3v) is 1.30. The molecule has 0 fully saturated rings. The van der Waals surface area contributed by atoms with Gasteiger partial charge in [0.1, 0.15) is 0 Å². The van der Waals surface area contributed by atoms with Gasteiger partial charge in [-0.25, -0.2) is 0 Å². The molecule has 0 spiro atoms. The third kappa shape index (κ3) is 7.98. The zero-order valence-electron chi connectivity index (χ0n) is 5.52. The van der Waals surface area contributed by atoms with Gasteiger partial charge in [-0.2, -0.15) is 0 Å². The van der Waals surface area contributed by atoms with E-state index in [0.29, 0.717) is 0 Å². The van der Waals surface area contributed by atoms with E-state index in [1.54, 1.807) is 5.49 Å². The summed E-state index contributed by atoms with van der Waals surface area (Å²) in [6, 6.07) is 0. The molecule has 0 unspecified atom stereocenters. The summed E-state index contributed by atoms with van der Waals surface area (Å²) >= 11 is 9.44. The van der Waals surface area contributed by atoms with Crippen molar-refractivity contribution in [3.05, 3.63) is 0 Å². The van der Waals surface area contributed by atoms with Crippen molar-refractivity contribution in [3.8, 4) is 0 Å². The lowest BCUT2D eigenvalue weighted by Crippen LogP contribution is -2.11. The molecule has 0 aliphatic heterocycles. The van der Waals surface area contributed by atoms with E-state index in [1.165, 1.54) is 0 Å². The lowest BCUT2D eigenvalue weighted by atomic mass is 10.2. The van der Waals surface area contributed by atoms with Gasteiger partial charge in [-0.1, -0.05) is 24.4 Å². The molecule has 9 heavy (non-hydrogen) atoms. The van der Waals surface area contributed by atoms with E-state index < -0.39 is 0 Å². The lowest BCUT2D eigenvalue weighted by molar-refractivity contribution is 0.820. The molecule has 3 heteroatoms. The highest BCUT2D eigenvalue weighted by Gasteiger charge is 1.86. The van der Waals surface area contributed by atoms with Gasteiger partial charge in [-0.3, -0.25) is 0 Å². The van der Waals surface area contributed by atoms with Crippen LogP contribution in [-0.4, -0.2) is 16.9 Å². The standard InChI is InChI=1S/C6H11NS2/c1-6(9)3-2-4-7-5-8/h5H,2-4H2,1H3,(H,7,8). The van der Waals surface area contributed by atoms with Crippen molar-refractivity contribution in [2.45, 2.75) is 19.8 Å². The highest BCUT2D eigenvalue weighted by molar-refractivity contribution is 7.80. The maximum Gasteiger partial charge on any atom is 0.0614 e. The highest BCUT2D eigenvalue weighted by Crippen LogP contribution is 1.89. The minimum atomic E-state index is 0.942. The first-order valence-corrected chi connectivity index (χ1v) is 3.82. The van der Waals surface area contributed by atoms with E-state index in [1.807, 2.05) is 6.92 Å². The Balaban J connectivity index is 2.91. The van der Waals surface area contributed by atoms with Crippen LogP contribution < -0.4 is 5.32 Å². The minimum absolute atomic E-state index is 0.942. The highest BCUT2D eigenvalue weighted by atomic mass is 32.1. The van der Waals surface area contributed by atoms with Crippen LogP contribution in [0.1, 0.15) is 19.8 Å². The molecule has 0 aliphatic carbocycles. The van der Waals surface area contributed by atoms with Crippen molar-refractivity contribution < 1.29 is 0 Å². The largest absolute Gasteiger partial charge is 0.382 e. The number of rotatable bonds is 5. The smallest absolute Gasteiger partial charge is 0.0614 e. The third-order valence-electron chi connectivity index (χ3n) is 0.933. The van der Waals surface area contributed by atoms with Gasteiger partial charge in [0.25, 0.3) is 0 Å². The summed E-state index contributed by atoms with van der Waals surface area (Å²) in [7, 11) is 0. The first-order valence-electron chi connectivity index (χ1n) is 2.94. The molecule has 52 valence electrons. The van der Waals surface area contributed by atoms with E-state index >= 15 is 0 Å². The Hall–Kier alpha value is -0.0200. The van der Waals surface area contributed by atoms with Crippen LogP contribution in [0, 0.1) is 0 Å². The topological polar surface area (TPSA) is 12.0 Å². The average molecular weight is 161 g/mol. The van der Waals surface area contributed by atoms with E-state index in [0.717, 1.165) is 24.3 Å². The van der Waals surface area contributed by atoms with Crippen LogP contribution >= 0.6 is 24.4 Å². The number of hydrogen-bond donors (Lipinski definition) is 1. The minimum Gasteiger partial charge on any atom is -0.382 e. The zero-order chi connectivity index (χ0) is 7.11. The number of thiocarbonyl (C=S) groups is 2. The molecule has 0 aromatic rings. The van der Waals surface area contributed by atoms with E-state index in [9.17, 15) is 0 Å². The Morgan fingerprint density at radius 3 is 2.78 bits per heavy atom. The van der Waals surface area contributed by atoms with Gasteiger partial charge in [0.05, 0.1) is 5.49 Å². The van der Waals surface area contributed by atoms with Gasteiger partial charge in [-0.05, 0) is 24.6 Å². The van der Waals surface area contributed by atoms with Crippen LogP contribution in [0.3, 0.4) is 0 Å². The quantitative estimate of drug-likeness (QED) is 0.487. The maximum atomic E-state index is 4.88. The molecule has 0 radical (unpaired) electrons. The molecule has 1 N–H and O–H groups in total. The summed E-state index contributed by atoms with van der Waals surface area (Å²) in [5.74, 6) is 0. The number of nitrogens with one attached hydrogen (secondary N) is 1. The van der Waals surface area contributed by atoms with Crippen LogP contribution in [-0.2, 0) is 0 Å². The summed E-state index contributed by atoms with van der Waals surface area (Å²) in [5.41, 5.74) is 1.54. The molecule has 0 aliphatic rings. The van der Waals surface area contributed by atoms with Crippen molar-refractivity contribution in [2.75, 3.05) is 6.54 Å². The molecule has 0 aromatic carbocycles. The Kier molecular flexibility index (Phi) is 6.09. The molecule has 0 bridgehead atoms. The number of hydrogen-bond acceptors (Lipinski definition) is 2. The van der Waals surface area contributed by atoms with Gasteiger partial charge in [0.15, 0.2) is 0 Å². The summed E-state index contributed by atoms with van der Waals surface area (Å²) < 4.78 is 0. The first-order chi connectivity index (χ1) is 4.27. The Bertz CT molecular complexity index is 101. The molecular formula is C6H11NS2. The molecule has 0 aromatic heterocycles. The van der Waals surface area contributed by atoms with Crippen LogP contribution in [0.2, 0.25) is 0 Å². The summed E-state index contributed by atoms with van der Waals surface area (Å²) in [4.78, 5) is 1.07. The van der Waals surface area contributed by atoms with E-state index in [-0.39, 0.29) is 0 Å². The molecule has 0 rings (SSSR count). The molecule has 0 saturated carbocycles. The summed E-state index contributed by atoms with van der Waals surface area (Å²) in [5, 5.41) is 2.93. The average Bonchev–Trinajstić information content (AvgIpc) is 1.80. The van der Waals surface area contributed by atoms with Crippen LogP contribution in [0.25, 0.3) is 0 Å². The van der Waals surface area contributed by atoms with Gasteiger partial charge in [0.2, 0.25) is 0 Å². The molecule has 0 atom stereocenters. The summed E-state index contributed by atoms with van der Waals surface area (Å²) in [6.07, 6.45) is 2.11. The normalized spacial score (nSPS) is 8.56. The van der Waals surface area contributed by atoms with E-state index in [2.05, 4.69) is 17.5 Å². The van der Waals surface area contributed by atoms with Crippen molar-refractivity contribution in [1.29, 1.82) is 0 Å². The second-order valence-corrected chi connectivity index (χ2v) is 2.81. The van der Waals surface area contributed by atoms with Crippen LogP contribution in [0.5, 0.6) is 0 Å². The Labute approximate surface area is 66.8 Å². The van der Waals surface area contributed by atoms with Gasteiger partial charge < -0.3 is 5.32 Å². The molecule has 1 nitrogen and oxygen atoms in total. The Morgan fingerprint density at radius 2 is 2.33 bits per heavy atom. The molecule has 0 heterocycles. The van der Waals surface area contributed by atoms with Crippen molar-refractivity contribution in [2.24, 2.45) is 0 Å². The zero-order valence-corrected chi connectivity index (χ0v) is 7.15. The fourth-order valence-electron chi connectivity index (χ4n) is 0.498. The molecule has 0 saturated heterocycles. The van der Waals surface area contributed by atoms with Crippen molar-refractivity contribution >= 4 is 34.8 Å². The second-order valence-electron chi connectivity index (χ2n) is 1.88. The first kappa shape index (κ1) is 8.98. The molecular weight excluding hydrogens is 150 g/mol. The Morgan fingerprint density at radius 1 is 1.67 bits per heavy atom. The van der Waals surface area contributed by atoms with Crippen LogP contribution in [0.4, 0.5) is 0 Å². The van der Waals surface area contributed by atoms with Crippen molar-refractivity contribution in [1.82, 2.24) is 5.32 Å². The lowest BCUT2D eigenvalue weighted by Gasteiger charge is -1.96. The van der Waals surface area contributed by atoms with Gasteiger partial charge in [0, 0.05) is 6.54 Å². The van der Waals surface area contributed by atoms with Gasteiger partial charge in [-0.15, -0.1) is 0 Å². The maximum absolute atomic E-state index is 4.88. The van der Waals surface area contributed by atoms with Crippen LogP contribution in [0.15, 0.2) is 0 Å². The predicted molar refractivity (Wildman–Crippen MR) is 49.2 cm³/mol. The monoisotopic (exact) mass is 161 g/mol. The fraction of sp³-hybridized carbons (Fsp3) is 0.667. The summed E-state index contributed by atoms with van der Waals surface area (Å²) in [6.45, 7) is 2.91. The predicted octanol–water partition coefficient (Wildman–Crippen LogP) is 1.70. The van der Waals surface area contributed by atoms with Crippen molar-refractivity contribution in [3.63, 3.8) is 0 Å². The molecule has 0 amide bonds. The fourth-order valence-corrected chi connectivity index (χ4v) is 0.761.